The van der Waals surface area contributed by atoms with Gasteiger partial charge in [0.25, 0.3) is 0 Å². The van der Waals surface area contributed by atoms with Crippen LogP contribution in [-0.4, -0.2) is 37.5 Å². The predicted octanol–water partition coefficient (Wildman–Crippen LogP) is 5.46. The molecule has 5 nitrogen and oxygen atoms in total. The van der Waals surface area contributed by atoms with Gasteiger partial charge >= 0.3 is 10.4 Å². The van der Waals surface area contributed by atoms with E-state index in [0.29, 0.717) is 11.3 Å². The molecular formula is C24H39NO4S. The zero-order valence-corrected chi connectivity index (χ0v) is 19.9. The SMILES string of the molecule is CCN(CC)CC.C[C@@]12CCC[C@H]1[C@@H]1CCc3cc(OS(=O)(=O)O)ccc3[C@H]1CC2. The average Bonchev–Trinajstić information content (AvgIpc) is 3.10. The molecule has 0 unspecified atom stereocenters. The molecule has 1 N–H and O–H groups in total. The van der Waals surface area contributed by atoms with Gasteiger partial charge in [-0.1, -0.05) is 40.2 Å². The molecule has 0 bridgehead atoms. The first-order valence-corrected chi connectivity index (χ1v) is 13.1. The van der Waals surface area contributed by atoms with Gasteiger partial charge in [-0.05, 0) is 105 Å². The molecule has 2 saturated carbocycles. The number of hydrogen-bond acceptors (Lipinski definition) is 4. The van der Waals surface area contributed by atoms with Crippen molar-refractivity contribution in [3.63, 3.8) is 0 Å². The monoisotopic (exact) mass is 437 g/mol. The van der Waals surface area contributed by atoms with Crippen molar-refractivity contribution < 1.29 is 17.2 Å². The number of benzene rings is 1. The van der Waals surface area contributed by atoms with Crippen LogP contribution in [0.4, 0.5) is 0 Å². The van der Waals surface area contributed by atoms with E-state index in [0.717, 1.165) is 18.3 Å². The first kappa shape index (κ1) is 23.6. The maximum absolute atomic E-state index is 10.9. The molecule has 3 aliphatic carbocycles. The summed E-state index contributed by atoms with van der Waals surface area (Å²) in [6.45, 7) is 12.6. The van der Waals surface area contributed by atoms with Crippen molar-refractivity contribution in [2.75, 3.05) is 19.6 Å². The van der Waals surface area contributed by atoms with Crippen LogP contribution in [0.2, 0.25) is 0 Å². The molecule has 0 amide bonds. The lowest BCUT2D eigenvalue weighted by Gasteiger charge is -2.49. The van der Waals surface area contributed by atoms with Crippen LogP contribution in [0.3, 0.4) is 0 Å². The van der Waals surface area contributed by atoms with E-state index < -0.39 is 10.4 Å². The molecule has 0 heterocycles. The van der Waals surface area contributed by atoms with Crippen LogP contribution in [0.1, 0.15) is 83.3 Å². The van der Waals surface area contributed by atoms with Crippen LogP contribution >= 0.6 is 0 Å². The van der Waals surface area contributed by atoms with Gasteiger partial charge in [0.1, 0.15) is 5.75 Å². The largest absolute Gasteiger partial charge is 0.446 e. The number of nitrogens with zero attached hydrogens (tertiary/aromatic N) is 1. The lowest BCUT2D eigenvalue weighted by atomic mass is 9.56. The lowest BCUT2D eigenvalue weighted by molar-refractivity contribution is 0.0598. The summed E-state index contributed by atoms with van der Waals surface area (Å²) in [5.74, 6) is 2.45. The fraction of sp³-hybridized carbons (Fsp3) is 0.750. The molecule has 1 aromatic carbocycles. The maximum atomic E-state index is 10.9. The van der Waals surface area contributed by atoms with Gasteiger partial charge in [0.2, 0.25) is 0 Å². The lowest BCUT2D eigenvalue weighted by Crippen LogP contribution is -2.39. The third-order valence-corrected chi connectivity index (χ3v) is 8.43. The Morgan fingerprint density at radius 3 is 2.40 bits per heavy atom. The van der Waals surface area contributed by atoms with Crippen LogP contribution in [-0.2, 0) is 16.8 Å². The summed E-state index contributed by atoms with van der Waals surface area (Å²) in [4.78, 5) is 2.38. The van der Waals surface area contributed by atoms with E-state index >= 15 is 0 Å². The minimum Gasteiger partial charge on any atom is -0.362 e. The maximum Gasteiger partial charge on any atom is 0.446 e. The Bertz CT molecular complexity index is 815. The van der Waals surface area contributed by atoms with Crippen LogP contribution in [0.25, 0.3) is 0 Å². The zero-order valence-electron chi connectivity index (χ0n) is 19.1. The van der Waals surface area contributed by atoms with Crippen molar-refractivity contribution in [1.29, 1.82) is 0 Å². The molecule has 0 saturated heterocycles. The minimum absolute atomic E-state index is 0.214. The highest BCUT2D eigenvalue weighted by atomic mass is 32.3. The third-order valence-electron chi connectivity index (χ3n) is 8.02. The van der Waals surface area contributed by atoms with E-state index in [2.05, 4.69) is 36.8 Å². The second kappa shape index (κ2) is 9.58. The molecule has 1 aromatic rings. The smallest absolute Gasteiger partial charge is 0.362 e. The van der Waals surface area contributed by atoms with Gasteiger partial charge in [0, 0.05) is 0 Å². The Morgan fingerprint density at radius 1 is 1.10 bits per heavy atom. The van der Waals surface area contributed by atoms with E-state index in [1.165, 1.54) is 69.3 Å². The summed E-state index contributed by atoms with van der Waals surface area (Å²) in [5.41, 5.74) is 3.11. The summed E-state index contributed by atoms with van der Waals surface area (Å²) in [7, 11) is -4.45. The van der Waals surface area contributed by atoms with E-state index in [9.17, 15) is 8.42 Å². The molecule has 4 rings (SSSR count). The zero-order chi connectivity index (χ0) is 21.9. The first-order chi connectivity index (χ1) is 14.2. The highest BCUT2D eigenvalue weighted by Gasteiger charge is 2.50. The molecule has 170 valence electrons. The third kappa shape index (κ3) is 5.20. The van der Waals surface area contributed by atoms with Crippen LogP contribution < -0.4 is 4.18 Å². The van der Waals surface area contributed by atoms with Crippen molar-refractivity contribution in [2.45, 2.75) is 78.6 Å². The molecule has 0 spiro atoms. The minimum atomic E-state index is -4.45. The van der Waals surface area contributed by atoms with Crippen LogP contribution in [0.5, 0.6) is 5.75 Å². The van der Waals surface area contributed by atoms with Crippen molar-refractivity contribution in [3.8, 4) is 5.75 Å². The van der Waals surface area contributed by atoms with Gasteiger partial charge in [0.15, 0.2) is 0 Å². The highest BCUT2D eigenvalue weighted by Crippen LogP contribution is 2.60. The van der Waals surface area contributed by atoms with Crippen LogP contribution in [0.15, 0.2) is 18.2 Å². The van der Waals surface area contributed by atoms with Gasteiger partial charge < -0.3 is 9.08 Å². The summed E-state index contributed by atoms with van der Waals surface area (Å²) >= 11 is 0. The highest BCUT2D eigenvalue weighted by molar-refractivity contribution is 7.81. The summed E-state index contributed by atoms with van der Waals surface area (Å²) < 4.78 is 35.2. The standard InChI is InChI=1S/C18H24O4S.C6H15N/c1-18-9-2-3-17(18)16-6-4-12-11-13(22-23(19,20)21)5-7-14(12)15(16)8-10-18;1-4-7(5-2)6-3/h5,7,11,15-17H,2-4,6,8-10H2,1H3,(H,19,20,21);4-6H2,1-3H3/t15-,16-,17+,18+;/m1./s1. The Balaban J connectivity index is 0.000000318. The molecule has 0 radical (unpaired) electrons. The molecule has 0 aliphatic heterocycles. The van der Waals surface area contributed by atoms with Crippen molar-refractivity contribution in [2.24, 2.45) is 17.3 Å². The number of hydrogen-bond donors (Lipinski definition) is 1. The molecule has 4 atom stereocenters. The molecule has 2 fully saturated rings. The summed E-state index contributed by atoms with van der Waals surface area (Å²) in [6.07, 6.45) is 8.84. The van der Waals surface area contributed by atoms with Crippen LogP contribution in [0, 0.1) is 17.3 Å². The van der Waals surface area contributed by atoms with Gasteiger partial charge in [0.05, 0.1) is 0 Å². The fourth-order valence-corrected chi connectivity index (χ4v) is 6.74. The number of fused-ring (bicyclic) bond motifs is 5. The normalized spacial score (nSPS) is 30.0. The fourth-order valence-electron chi connectivity index (χ4n) is 6.40. The van der Waals surface area contributed by atoms with E-state index in [4.69, 9.17) is 4.55 Å². The van der Waals surface area contributed by atoms with E-state index in [1.54, 1.807) is 12.1 Å². The second-order valence-corrected chi connectivity index (χ2v) is 10.5. The van der Waals surface area contributed by atoms with Crippen molar-refractivity contribution in [3.05, 3.63) is 29.3 Å². The van der Waals surface area contributed by atoms with Crippen molar-refractivity contribution in [1.82, 2.24) is 4.90 Å². The molecule has 6 heteroatoms. The Morgan fingerprint density at radius 2 is 1.80 bits per heavy atom. The van der Waals surface area contributed by atoms with E-state index in [1.807, 2.05) is 6.07 Å². The van der Waals surface area contributed by atoms with Gasteiger partial charge in [-0.3, -0.25) is 4.55 Å². The van der Waals surface area contributed by atoms with Gasteiger partial charge in [-0.2, -0.15) is 8.42 Å². The Hall–Kier alpha value is -1.11. The summed E-state index contributed by atoms with van der Waals surface area (Å²) in [6, 6.07) is 5.49. The topological polar surface area (TPSA) is 66.8 Å². The number of aryl methyl sites for hydroxylation is 1. The molecule has 30 heavy (non-hydrogen) atoms. The average molecular weight is 438 g/mol. The molecule has 3 aliphatic rings. The van der Waals surface area contributed by atoms with Gasteiger partial charge in [-0.25, -0.2) is 0 Å². The van der Waals surface area contributed by atoms with E-state index in [-0.39, 0.29) is 5.75 Å². The Labute approximate surface area is 183 Å². The van der Waals surface area contributed by atoms with Crippen molar-refractivity contribution >= 4 is 10.4 Å². The van der Waals surface area contributed by atoms with Gasteiger partial charge in [-0.15, -0.1) is 0 Å². The Kier molecular flexibility index (Phi) is 7.52. The second-order valence-electron chi connectivity index (χ2n) is 9.49. The number of rotatable bonds is 5. The predicted molar refractivity (Wildman–Crippen MR) is 121 cm³/mol. The summed E-state index contributed by atoms with van der Waals surface area (Å²) in [5, 5.41) is 0. The first-order valence-electron chi connectivity index (χ1n) is 11.7. The quantitative estimate of drug-likeness (QED) is 0.619. The molecule has 0 aromatic heterocycles. The molecular weight excluding hydrogens is 398 g/mol.